The number of benzene rings is 1. The molecule has 2 unspecified atom stereocenters. The Balaban J connectivity index is 2.06. The summed E-state index contributed by atoms with van der Waals surface area (Å²) in [6.07, 6.45) is 1.33. The van der Waals surface area contributed by atoms with Crippen LogP contribution in [0.4, 0.5) is 0 Å². The van der Waals surface area contributed by atoms with Gasteiger partial charge in [0.2, 0.25) is 0 Å². The fourth-order valence-electron chi connectivity index (χ4n) is 1.95. The molecule has 1 aliphatic rings. The van der Waals surface area contributed by atoms with E-state index in [0.717, 1.165) is 12.2 Å². The molecule has 82 valence electrons. The highest BCUT2D eigenvalue weighted by Gasteiger charge is 2.37. The van der Waals surface area contributed by atoms with E-state index in [4.69, 9.17) is 9.84 Å². The van der Waals surface area contributed by atoms with Crippen LogP contribution in [-0.4, -0.2) is 17.8 Å². The molecule has 15 heavy (non-hydrogen) atoms. The predicted octanol–water partition coefficient (Wildman–Crippen LogP) is 2.57. The van der Waals surface area contributed by atoms with Gasteiger partial charge in [-0.3, -0.25) is 0 Å². The van der Waals surface area contributed by atoms with E-state index < -0.39 is 0 Å². The molecule has 0 amide bonds. The first-order chi connectivity index (χ1) is 7.20. The van der Waals surface area contributed by atoms with Crippen LogP contribution in [0.3, 0.4) is 0 Å². The van der Waals surface area contributed by atoms with Gasteiger partial charge in [-0.05, 0) is 49.8 Å². The Bertz CT molecular complexity index is 333. The van der Waals surface area contributed by atoms with Crippen LogP contribution in [0.25, 0.3) is 0 Å². The van der Waals surface area contributed by atoms with Gasteiger partial charge in [0.1, 0.15) is 5.75 Å². The van der Waals surface area contributed by atoms with Crippen LogP contribution in [0.2, 0.25) is 0 Å². The van der Waals surface area contributed by atoms with E-state index in [2.05, 4.69) is 12.1 Å². The highest BCUT2D eigenvalue weighted by Crippen LogP contribution is 2.47. The van der Waals surface area contributed by atoms with Crippen molar-refractivity contribution in [2.45, 2.75) is 32.3 Å². The molecule has 2 heteroatoms. The van der Waals surface area contributed by atoms with Crippen molar-refractivity contribution in [1.29, 1.82) is 0 Å². The maximum absolute atomic E-state index is 9.02. The van der Waals surface area contributed by atoms with Crippen LogP contribution < -0.4 is 4.74 Å². The molecule has 0 radical (unpaired) electrons. The second-order valence-electron chi connectivity index (χ2n) is 4.52. The van der Waals surface area contributed by atoms with Gasteiger partial charge in [0.25, 0.3) is 0 Å². The highest BCUT2D eigenvalue weighted by atomic mass is 16.5. The number of hydrogen-bond donors (Lipinski definition) is 1. The minimum Gasteiger partial charge on any atom is -0.491 e. The first-order valence-electron chi connectivity index (χ1n) is 5.58. The fourth-order valence-corrected chi connectivity index (χ4v) is 1.95. The zero-order chi connectivity index (χ0) is 10.8. The molecule has 0 heterocycles. The van der Waals surface area contributed by atoms with Crippen LogP contribution in [0, 0.1) is 5.92 Å². The van der Waals surface area contributed by atoms with E-state index in [9.17, 15) is 0 Å². The van der Waals surface area contributed by atoms with E-state index in [0.29, 0.717) is 18.4 Å². The predicted molar refractivity (Wildman–Crippen MR) is 60.1 cm³/mol. The molecule has 1 fully saturated rings. The third-order valence-corrected chi connectivity index (χ3v) is 2.82. The van der Waals surface area contributed by atoms with Crippen LogP contribution in [0.5, 0.6) is 5.75 Å². The fraction of sp³-hybridized carbons (Fsp3) is 0.538. The second-order valence-corrected chi connectivity index (χ2v) is 4.52. The molecule has 2 atom stereocenters. The second kappa shape index (κ2) is 4.23. The molecule has 0 aliphatic heterocycles. The van der Waals surface area contributed by atoms with Gasteiger partial charge in [-0.2, -0.15) is 0 Å². The molecule has 0 aromatic heterocycles. The lowest BCUT2D eigenvalue weighted by Crippen LogP contribution is -2.05. The molecule has 0 spiro atoms. The summed E-state index contributed by atoms with van der Waals surface area (Å²) in [6, 6.07) is 8.23. The molecule has 0 bridgehead atoms. The van der Waals surface area contributed by atoms with Gasteiger partial charge in [-0.25, -0.2) is 0 Å². The molecular weight excluding hydrogens is 188 g/mol. The average molecular weight is 206 g/mol. The summed E-state index contributed by atoms with van der Waals surface area (Å²) < 4.78 is 5.64. The smallest absolute Gasteiger partial charge is 0.119 e. The summed E-state index contributed by atoms with van der Waals surface area (Å²) in [5.41, 5.74) is 1.30. The lowest BCUT2D eigenvalue weighted by molar-refractivity contribution is 0.242. The standard InChI is InChI=1S/C13H18O2/c1-9(2)15-12-5-3-4-10(6-12)13-7-11(13)8-14/h3-6,9,11,13-14H,7-8H2,1-2H3. The zero-order valence-electron chi connectivity index (χ0n) is 9.31. The van der Waals surface area contributed by atoms with Crippen LogP contribution in [0.1, 0.15) is 31.7 Å². The van der Waals surface area contributed by atoms with Gasteiger partial charge in [0.15, 0.2) is 0 Å². The first-order valence-corrected chi connectivity index (χ1v) is 5.58. The number of aliphatic hydroxyl groups excluding tert-OH is 1. The SMILES string of the molecule is CC(C)Oc1cccc(C2CC2CO)c1. The van der Waals surface area contributed by atoms with Gasteiger partial charge < -0.3 is 9.84 Å². The number of hydrogen-bond acceptors (Lipinski definition) is 2. The summed E-state index contributed by atoms with van der Waals surface area (Å²) >= 11 is 0. The Kier molecular flexibility index (Phi) is 2.96. The molecule has 2 rings (SSSR count). The highest BCUT2D eigenvalue weighted by molar-refractivity contribution is 5.34. The van der Waals surface area contributed by atoms with Crippen molar-refractivity contribution in [2.75, 3.05) is 6.61 Å². The van der Waals surface area contributed by atoms with Gasteiger partial charge in [-0.1, -0.05) is 12.1 Å². The minimum atomic E-state index is 0.216. The van der Waals surface area contributed by atoms with Crippen LogP contribution in [-0.2, 0) is 0 Å². The van der Waals surface area contributed by atoms with Gasteiger partial charge >= 0.3 is 0 Å². The molecular formula is C13H18O2. The van der Waals surface area contributed by atoms with Crippen LogP contribution >= 0.6 is 0 Å². The number of rotatable bonds is 4. The Morgan fingerprint density at radius 2 is 2.27 bits per heavy atom. The third kappa shape index (κ3) is 2.51. The first kappa shape index (κ1) is 10.5. The summed E-state index contributed by atoms with van der Waals surface area (Å²) in [5.74, 6) is 1.95. The van der Waals surface area contributed by atoms with E-state index in [1.165, 1.54) is 5.56 Å². The summed E-state index contributed by atoms with van der Waals surface area (Å²) in [4.78, 5) is 0. The Morgan fingerprint density at radius 1 is 1.47 bits per heavy atom. The Labute approximate surface area is 90.9 Å². The Morgan fingerprint density at radius 3 is 2.87 bits per heavy atom. The van der Waals surface area contributed by atoms with Crippen LogP contribution in [0.15, 0.2) is 24.3 Å². The van der Waals surface area contributed by atoms with Gasteiger partial charge in [0.05, 0.1) is 6.10 Å². The molecule has 1 aromatic rings. The monoisotopic (exact) mass is 206 g/mol. The van der Waals surface area contributed by atoms with Crippen molar-refractivity contribution >= 4 is 0 Å². The molecule has 2 nitrogen and oxygen atoms in total. The Hall–Kier alpha value is -1.02. The molecule has 1 saturated carbocycles. The van der Waals surface area contributed by atoms with Crippen molar-refractivity contribution in [2.24, 2.45) is 5.92 Å². The lowest BCUT2D eigenvalue weighted by Gasteiger charge is -2.10. The zero-order valence-corrected chi connectivity index (χ0v) is 9.31. The summed E-state index contributed by atoms with van der Waals surface area (Å²) in [6.45, 7) is 4.36. The minimum absolute atomic E-state index is 0.216. The third-order valence-electron chi connectivity index (χ3n) is 2.82. The maximum atomic E-state index is 9.02. The summed E-state index contributed by atoms with van der Waals surface area (Å²) in [7, 11) is 0. The van der Waals surface area contributed by atoms with Crippen molar-refractivity contribution in [3.8, 4) is 5.75 Å². The quantitative estimate of drug-likeness (QED) is 0.820. The lowest BCUT2D eigenvalue weighted by atomic mass is 10.1. The largest absolute Gasteiger partial charge is 0.491 e. The summed E-state index contributed by atoms with van der Waals surface area (Å²) in [5, 5.41) is 9.02. The van der Waals surface area contributed by atoms with E-state index in [1.54, 1.807) is 0 Å². The van der Waals surface area contributed by atoms with Crippen molar-refractivity contribution in [3.63, 3.8) is 0 Å². The average Bonchev–Trinajstić information content (AvgIpc) is 2.96. The van der Waals surface area contributed by atoms with E-state index in [1.807, 2.05) is 26.0 Å². The maximum Gasteiger partial charge on any atom is 0.119 e. The van der Waals surface area contributed by atoms with E-state index in [-0.39, 0.29) is 6.10 Å². The molecule has 0 saturated heterocycles. The normalized spacial score (nSPS) is 24.3. The number of ether oxygens (including phenoxy) is 1. The molecule has 1 aliphatic carbocycles. The van der Waals surface area contributed by atoms with Gasteiger partial charge in [-0.15, -0.1) is 0 Å². The van der Waals surface area contributed by atoms with Crippen molar-refractivity contribution in [1.82, 2.24) is 0 Å². The van der Waals surface area contributed by atoms with Gasteiger partial charge in [0, 0.05) is 6.61 Å². The number of aliphatic hydroxyl groups is 1. The van der Waals surface area contributed by atoms with E-state index >= 15 is 0 Å². The van der Waals surface area contributed by atoms with Crippen molar-refractivity contribution < 1.29 is 9.84 Å². The molecule has 1 N–H and O–H groups in total. The van der Waals surface area contributed by atoms with Crippen molar-refractivity contribution in [3.05, 3.63) is 29.8 Å². The molecule has 1 aromatic carbocycles. The topological polar surface area (TPSA) is 29.5 Å².